The molecule has 3 aliphatic rings. The first-order chi connectivity index (χ1) is 13.6. The lowest BCUT2D eigenvalue weighted by Gasteiger charge is -2.55. The Morgan fingerprint density at radius 2 is 2.07 bits per heavy atom. The normalized spacial score (nSPS) is 19.4. The van der Waals surface area contributed by atoms with Gasteiger partial charge in [0.05, 0.1) is 50.0 Å². The monoisotopic (exact) mass is 387 g/mol. The van der Waals surface area contributed by atoms with E-state index < -0.39 is 0 Å². The van der Waals surface area contributed by atoms with Crippen LogP contribution in [-0.2, 0) is 19.0 Å². The van der Waals surface area contributed by atoms with Crippen molar-refractivity contribution in [2.24, 2.45) is 5.41 Å². The highest BCUT2D eigenvalue weighted by Crippen LogP contribution is 2.37. The first-order valence-corrected chi connectivity index (χ1v) is 9.46. The molecule has 2 saturated heterocycles. The first-order valence-electron chi connectivity index (χ1n) is 9.46. The number of aromatic nitrogens is 2. The topological polar surface area (TPSA) is 83.0 Å². The van der Waals surface area contributed by atoms with Gasteiger partial charge in [-0.25, -0.2) is 9.97 Å². The van der Waals surface area contributed by atoms with E-state index in [1.807, 2.05) is 17.1 Å². The molecule has 0 bridgehead atoms. The van der Waals surface area contributed by atoms with Crippen LogP contribution in [0.2, 0.25) is 0 Å². The molecule has 1 aliphatic carbocycles. The van der Waals surface area contributed by atoms with E-state index in [2.05, 4.69) is 9.97 Å². The number of likely N-dealkylation sites (tertiary alicyclic amines) is 1. The fourth-order valence-corrected chi connectivity index (χ4v) is 3.75. The third kappa shape index (κ3) is 3.56. The van der Waals surface area contributed by atoms with Crippen LogP contribution >= 0.6 is 0 Å². The third-order valence-electron chi connectivity index (χ3n) is 5.36. The van der Waals surface area contributed by atoms with Gasteiger partial charge in [-0.05, 0) is 12.5 Å². The van der Waals surface area contributed by atoms with Crippen molar-refractivity contribution in [1.82, 2.24) is 14.9 Å². The SMILES string of the molecule is COC1=C(OCCCC(=O)N2CC3(COC3)C2)CC=c2ncnc(OC)c2=C1. The molecule has 1 aromatic rings. The van der Waals surface area contributed by atoms with Gasteiger partial charge in [0, 0.05) is 25.9 Å². The van der Waals surface area contributed by atoms with Crippen LogP contribution in [0.5, 0.6) is 5.88 Å². The molecule has 28 heavy (non-hydrogen) atoms. The molecule has 0 radical (unpaired) electrons. The number of allylic oxidation sites excluding steroid dienone is 2. The smallest absolute Gasteiger partial charge is 0.224 e. The minimum Gasteiger partial charge on any atom is -0.494 e. The highest BCUT2D eigenvalue weighted by molar-refractivity contribution is 5.77. The summed E-state index contributed by atoms with van der Waals surface area (Å²) < 4.78 is 22.0. The second-order valence-electron chi connectivity index (χ2n) is 7.42. The van der Waals surface area contributed by atoms with Crippen molar-refractivity contribution in [2.45, 2.75) is 19.3 Å². The molecule has 2 aliphatic heterocycles. The van der Waals surface area contributed by atoms with Gasteiger partial charge in [0.25, 0.3) is 0 Å². The fourth-order valence-electron chi connectivity index (χ4n) is 3.75. The van der Waals surface area contributed by atoms with Crippen molar-refractivity contribution in [3.63, 3.8) is 0 Å². The molecule has 3 heterocycles. The number of hydrogen-bond donors (Lipinski definition) is 0. The van der Waals surface area contributed by atoms with Gasteiger partial charge in [0.1, 0.15) is 12.1 Å². The Labute approximate surface area is 163 Å². The van der Waals surface area contributed by atoms with E-state index in [0.717, 1.165) is 36.9 Å². The maximum absolute atomic E-state index is 12.3. The Morgan fingerprint density at radius 3 is 2.75 bits per heavy atom. The fraction of sp³-hybridized carbons (Fsp3) is 0.550. The highest BCUT2D eigenvalue weighted by Gasteiger charge is 2.50. The number of hydrogen-bond acceptors (Lipinski definition) is 7. The van der Waals surface area contributed by atoms with E-state index in [-0.39, 0.29) is 11.3 Å². The molecule has 0 atom stereocenters. The van der Waals surface area contributed by atoms with Crippen LogP contribution in [0.1, 0.15) is 19.3 Å². The molecule has 0 N–H and O–H groups in total. The Hall–Kier alpha value is -2.61. The molecule has 8 heteroatoms. The van der Waals surface area contributed by atoms with Crippen molar-refractivity contribution >= 4 is 18.1 Å². The highest BCUT2D eigenvalue weighted by atomic mass is 16.5. The summed E-state index contributed by atoms with van der Waals surface area (Å²) in [7, 11) is 3.17. The summed E-state index contributed by atoms with van der Waals surface area (Å²) in [6, 6.07) is 0. The summed E-state index contributed by atoms with van der Waals surface area (Å²) in [6.07, 6.45) is 6.97. The van der Waals surface area contributed by atoms with Crippen LogP contribution in [0, 0.1) is 5.41 Å². The van der Waals surface area contributed by atoms with Gasteiger partial charge < -0.3 is 23.8 Å². The number of methoxy groups -OCH3 is 2. The van der Waals surface area contributed by atoms with E-state index in [1.165, 1.54) is 6.33 Å². The maximum Gasteiger partial charge on any atom is 0.224 e. The van der Waals surface area contributed by atoms with Crippen LogP contribution < -0.4 is 15.3 Å². The predicted molar refractivity (Wildman–Crippen MR) is 100 cm³/mol. The average molecular weight is 387 g/mol. The summed E-state index contributed by atoms with van der Waals surface area (Å²) in [5.74, 6) is 2.01. The molecule has 150 valence electrons. The molecule has 4 rings (SSSR count). The molecule has 1 amide bonds. The van der Waals surface area contributed by atoms with Crippen LogP contribution in [0.15, 0.2) is 17.8 Å². The minimum atomic E-state index is 0.188. The molecular weight excluding hydrogens is 362 g/mol. The lowest BCUT2D eigenvalue weighted by molar-refractivity contribution is -0.195. The van der Waals surface area contributed by atoms with E-state index >= 15 is 0 Å². The molecular formula is C20H25N3O5. The second-order valence-corrected chi connectivity index (χ2v) is 7.42. The summed E-state index contributed by atoms with van der Waals surface area (Å²) in [5, 5.41) is 1.55. The number of rotatable bonds is 7. The molecule has 1 spiro atoms. The van der Waals surface area contributed by atoms with E-state index in [9.17, 15) is 4.79 Å². The molecule has 8 nitrogen and oxygen atoms in total. The number of nitrogens with zero attached hydrogens (tertiary/aromatic N) is 3. The second kappa shape index (κ2) is 7.79. The van der Waals surface area contributed by atoms with Gasteiger partial charge in [0.2, 0.25) is 11.8 Å². The Balaban J connectivity index is 1.33. The van der Waals surface area contributed by atoms with Crippen molar-refractivity contribution in [2.75, 3.05) is 47.1 Å². The Morgan fingerprint density at radius 1 is 1.25 bits per heavy atom. The number of carbonyl (C=O) groups is 1. The summed E-state index contributed by atoms with van der Waals surface area (Å²) in [6.45, 7) is 3.70. The minimum absolute atomic E-state index is 0.188. The van der Waals surface area contributed by atoms with Gasteiger partial charge in [0.15, 0.2) is 5.76 Å². The van der Waals surface area contributed by atoms with Crippen molar-refractivity contribution in [1.29, 1.82) is 0 Å². The van der Waals surface area contributed by atoms with E-state index in [1.54, 1.807) is 14.2 Å². The maximum atomic E-state index is 12.3. The molecule has 0 aromatic carbocycles. The molecule has 1 aromatic heterocycles. The first kappa shape index (κ1) is 18.7. The number of amides is 1. The standard InChI is InChI=1S/C20H25N3O5/c1-25-17-8-14-15(21-13-22-19(14)26-2)5-6-16(17)28-7-3-4-18(24)23-9-20(10-23)11-27-12-20/h5,8,13H,3-4,6-7,9-12H2,1-2H3. The average Bonchev–Trinajstić information content (AvgIpc) is 2.82. The zero-order valence-corrected chi connectivity index (χ0v) is 16.3. The number of carbonyl (C=O) groups excluding carboxylic acids is 1. The van der Waals surface area contributed by atoms with Crippen LogP contribution in [0.25, 0.3) is 12.2 Å². The zero-order valence-electron chi connectivity index (χ0n) is 16.3. The summed E-state index contributed by atoms with van der Waals surface area (Å²) in [5.41, 5.74) is 0.259. The Kier molecular flexibility index (Phi) is 5.21. The lowest BCUT2D eigenvalue weighted by Crippen LogP contribution is -2.67. The summed E-state index contributed by atoms with van der Waals surface area (Å²) in [4.78, 5) is 22.6. The Bertz CT molecular complexity index is 899. The quantitative estimate of drug-likeness (QED) is 0.607. The van der Waals surface area contributed by atoms with Crippen molar-refractivity contribution in [3.8, 4) is 5.88 Å². The number of fused-ring (bicyclic) bond motifs is 1. The van der Waals surface area contributed by atoms with Gasteiger partial charge >= 0.3 is 0 Å². The number of ether oxygens (including phenoxy) is 4. The largest absolute Gasteiger partial charge is 0.494 e. The van der Waals surface area contributed by atoms with Gasteiger partial charge in [-0.15, -0.1) is 0 Å². The van der Waals surface area contributed by atoms with Gasteiger partial charge in [-0.1, -0.05) is 6.08 Å². The lowest BCUT2D eigenvalue weighted by atomic mass is 9.78. The van der Waals surface area contributed by atoms with E-state index in [0.29, 0.717) is 43.3 Å². The van der Waals surface area contributed by atoms with Gasteiger partial charge in [-0.2, -0.15) is 0 Å². The molecule has 0 saturated carbocycles. The van der Waals surface area contributed by atoms with E-state index in [4.69, 9.17) is 18.9 Å². The third-order valence-corrected chi connectivity index (χ3v) is 5.36. The van der Waals surface area contributed by atoms with Gasteiger partial charge in [-0.3, -0.25) is 4.79 Å². The van der Waals surface area contributed by atoms with Crippen molar-refractivity contribution in [3.05, 3.63) is 28.4 Å². The predicted octanol–water partition coefficient (Wildman–Crippen LogP) is -0.0365. The van der Waals surface area contributed by atoms with Crippen LogP contribution in [0.4, 0.5) is 0 Å². The summed E-state index contributed by atoms with van der Waals surface area (Å²) >= 11 is 0. The molecule has 0 unspecified atom stereocenters. The van der Waals surface area contributed by atoms with Crippen LogP contribution in [0.3, 0.4) is 0 Å². The van der Waals surface area contributed by atoms with Crippen LogP contribution in [-0.4, -0.2) is 67.9 Å². The van der Waals surface area contributed by atoms with Crippen molar-refractivity contribution < 1.29 is 23.7 Å². The zero-order chi connectivity index (χ0) is 19.6. The molecule has 2 fully saturated rings.